The Balaban J connectivity index is 1.85. The van der Waals surface area contributed by atoms with Crippen LogP contribution in [0.1, 0.15) is 0 Å². The first kappa shape index (κ1) is 30.4. The molecule has 6 rings (SSSR count). The summed E-state index contributed by atoms with van der Waals surface area (Å²) in [5.41, 5.74) is 0. The molecule has 0 spiro atoms. The van der Waals surface area contributed by atoms with Crippen LogP contribution < -0.4 is 31.8 Å². The van der Waals surface area contributed by atoms with E-state index in [1.807, 2.05) is 0 Å². The van der Waals surface area contributed by atoms with E-state index in [2.05, 4.69) is 237 Å². The first-order chi connectivity index (χ1) is 20.5. The van der Waals surface area contributed by atoms with Gasteiger partial charge in [0.25, 0.3) is 0 Å². The van der Waals surface area contributed by atoms with E-state index in [0.29, 0.717) is 0 Å². The molecular formula is C36H28I3OP2+. The van der Waals surface area contributed by atoms with Crippen molar-refractivity contribution in [2.24, 2.45) is 0 Å². The number of halogens is 3. The summed E-state index contributed by atoms with van der Waals surface area (Å²) < 4.78 is 7.21. The Kier molecular flexibility index (Phi) is 9.21. The summed E-state index contributed by atoms with van der Waals surface area (Å²) in [4.78, 5) is 0. The summed E-state index contributed by atoms with van der Waals surface area (Å²) in [5.74, 6) is 0. The summed E-state index contributed by atoms with van der Waals surface area (Å²) >= 11 is 7.79. The third kappa shape index (κ3) is 5.20. The molecule has 42 heavy (non-hydrogen) atoms. The molecule has 6 heteroatoms. The third-order valence-corrected chi connectivity index (χ3v) is 26.4. The maximum absolute atomic E-state index is 8.49. The molecular weight excluding hydrogens is 891 g/mol. The molecule has 0 aliphatic carbocycles. The van der Waals surface area contributed by atoms with Crippen molar-refractivity contribution in [3.8, 4) is 0 Å². The van der Waals surface area contributed by atoms with Crippen molar-refractivity contribution in [3.63, 3.8) is 0 Å². The van der Waals surface area contributed by atoms with Gasteiger partial charge in [-0.25, -0.2) is 0 Å². The molecule has 0 saturated carbocycles. The molecule has 0 bridgehead atoms. The second-order valence-corrected chi connectivity index (χ2v) is 24.4. The van der Waals surface area contributed by atoms with Crippen molar-refractivity contribution in [2.75, 3.05) is 0 Å². The van der Waals surface area contributed by atoms with Crippen molar-refractivity contribution in [1.82, 2.24) is 0 Å². The number of hydrogen-bond donors (Lipinski definition) is 0. The van der Waals surface area contributed by atoms with Gasteiger partial charge in [0, 0.05) is 0 Å². The predicted molar refractivity (Wildman–Crippen MR) is 211 cm³/mol. The van der Waals surface area contributed by atoms with Crippen LogP contribution in [0.4, 0.5) is 0 Å². The molecule has 0 heterocycles. The van der Waals surface area contributed by atoms with Gasteiger partial charge in [0.1, 0.15) is 0 Å². The van der Waals surface area contributed by atoms with E-state index in [-0.39, 0.29) is 0 Å². The van der Waals surface area contributed by atoms with Crippen LogP contribution in [0.2, 0.25) is 0 Å². The van der Waals surface area contributed by atoms with Crippen molar-refractivity contribution >= 4 is 111 Å². The standard InChI is InChI=1S/C36H28I3OP2/c37-34-27-16-28-35(36(34)38)42(39,32-23-12-4-13-24-32,33-25-14-5-15-26-33)40-41(29-17-6-1-7-18-29,30-19-8-2-9-20-30)31-21-10-3-11-22-31/h1-28H/q+1. The summed E-state index contributed by atoms with van der Waals surface area (Å²) in [6.07, 6.45) is 0. The number of hydrogen-bond acceptors (Lipinski definition) is 1. The molecule has 208 valence electrons. The quantitative estimate of drug-likeness (QED) is 0.110. The molecule has 0 aromatic heterocycles. The Hall–Kier alpha value is -1.67. The topological polar surface area (TPSA) is 9.23 Å². The normalized spacial score (nSPS) is 12.8. The molecule has 0 aliphatic heterocycles. The van der Waals surface area contributed by atoms with Gasteiger partial charge in [0.05, 0.1) is 0 Å². The minimum atomic E-state index is -3.72. The molecule has 0 fully saturated rings. The first-order valence-corrected chi connectivity index (χ1v) is 22.4. The van der Waals surface area contributed by atoms with Gasteiger partial charge in [-0.15, -0.1) is 0 Å². The van der Waals surface area contributed by atoms with Crippen LogP contribution in [-0.2, 0) is 4.31 Å². The molecule has 0 amide bonds. The summed E-state index contributed by atoms with van der Waals surface area (Å²) in [5, 5.41) is 7.21. The van der Waals surface area contributed by atoms with E-state index < -0.39 is 12.0 Å². The molecule has 1 nitrogen and oxygen atoms in total. The zero-order valence-corrected chi connectivity index (χ0v) is 30.9. The van der Waals surface area contributed by atoms with Crippen LogP contribution in [0, 0.1) is 7.14 Å². The molecule has 6 aromatic carbocycles. The second-order valence-electron chi connectivity index (χ2n) is 9.87. The zero-order chi connectivity index (χ0) is 29.1. The fourth-order valence-corrected chi connectivity index (χ4v) is 24.7. The summed E-state index contributed by atoms with van der Waals surface area (Å²) in [7, 11) is -2.73. The van der Waals surface area contributed by atoms with Crippen LogP contribution in [0.25, 0.3) is 0 Å². The maximum atomic E-state index is 8.49. The molecule has 0 N–H and O–H groups in total. The van der Waals surface area contributed by atoms with Crippen molar-refractivity contribution in [2.45, 2.75) is 0 Å². The van der Waals surface area contributed by atoms with E-state index in [1.165, 1.54) is 39.0 Å². The van der Waals surface area contributed by atoms with Crippen LogP contribution in [-0.4, -0.2) is 0 Å². The van der Waals surface area contributed by atoms with Crippen molar-refractivity contribution in [1.29, 1.82) is 0 Å². The molecule has 0 atom stereocenters. The number of rotatable bonds is 8. The van der Waals surface area contributed by atoms with Crippen molar-refractivity contribution < 1.29 is 4.31 Å². The van der Waals surface area contributed by atoms with E-state index in [4.69, 9.17) is 4.31 Å². The fraction of sp³-hybridized carbons (Fsp3) is 0. The average molecular weight is 919 g/mol. The van der Waals surface area contributed by atoms with E-state index in [9.17, 15) is 0 Å². The minimum absolute atomic E-state index is 1.19. The van der Waals surface area contributed by atoms with Gasteiger partial charge < -0.3 is 0 Å². The van der Waals surface area contributed by atoms with E-state index in [0.717, 1.165) is 0 Å². The van der Waals surface area contributed by atoms with Gasteiger partial charge in [-0.05, 0) is 0 Å². The summed E-state index contributed by atoms with van der Waals surface area (Å²) in [6, 6.07) is 61.2. The molecule has 0 radical (unpaired) electrons. The van der Waals surface area contributed by atoms with E-state index in [1.54, 1.807) is 0 Å². The van der Waals surface area contributed by atoms with Crippen LogP contribution >= 0.6 is 79.2 Å². The molecule has 0 saturated heterocycles. The van der Waals surface area contributed by atoms with Crippen LogP contribution in [0.3, 0.4) is 0 Å². The van der Waals surface area contributed by atoms with Gasteiger partial charge in [-0.1, -0.05) is 0 Å². The Bertz CT molecular complexity index is 1650. The Morgan fingerprint density at radius 1 is 0.429 bits per heavy atom. The van der Waals surface area contributed by atoms with Gasteiger partial charge in [-0.2, -0.15) is 0 Å². The van der Waals surface area contributed by atoms with Crippen molar-refractivity contribution in [3.05, 3.63) is 177 Å². The first-order valence-electron chi connectivity index (χ1n) is 13.6. The van der Waals surface area contributed by atoms with Crippen LogP contribution in [0.15, 0.2) is 170 Å². The SMILES string of the molecule is Ic1cccc(P(I)(O[P+](c2ccccc2)(c2ccccc2)c2ccccc2)(c2ccccc2)c2ccccc2)c1I. The average Bonchev–Trinajstić information content (AvgIpc) is 3.07. The summed E-state index contributed by atoms with van der Waals surface area (Å²) in [6.45, 7) is 0. The molecule has 6 aromatic rings. The number of benzene rings is 6. The molecule has 0 aliphatic rings. The van der Waals surface area contributed by atoms with Crippen LogP contribution in [0.5, 0.6) is 0 Å². The zero-order valence-electron chi connectivity index (χ0n) is 22.6. The predicted octanol–water partition coefficient (Wildman–Crippen LogP) is 8.92. The third-order valence-electron chi connectivity index (χ3n) is 7.43. The molecule has 0 unspecified atom stereocenters. The van der Waals surface area contributed by atoms with Gasteiger partial charge in [-0.3, -0.25) is 0 Å². The van der Waals surface area contributed by atoms with E-state index >= 15 is 0 Å². The second kappa shape index (κ2) is 12.7. The fourth-order valence-electron chi connectivity index (χ4n) is 5.49. The van der Waals surface area contributed by atoms with Gasteiger partial charge in [0.2, 0.25) is 0 Å². The Morgan fingerprint density at radius 3 is 1.17 bits per heavy atom. The Labute approximate surface area is 289 Å². The van der Waals surface area contributed by atoms with Gasteiger partial charge in [0.15, 0.2) is 0 Å². The Morgan fingerprint density at radius 2 is 0.786 bits per heavy atom. The van der Waals surface area contributed by atoms with Gasteiger partial charge >= 0.3 is 292 Å². The monoisotopic (exact) mass is 919 g/mol.